The van der Waals surface area contributed by atoms with Gasteiger partial charge in [-0.1, -0.05) is 17.4 Å². The Hall–Kier alpha value is -2.81. The van der Waals surface area contributed by atoms with Crippen molar-refractivity contribution in [3.05, 3.63) is 56.7 Å². The number of nitrogens with one attached hydrogen (secondary N) is 1. The van der Waals surface area contributed by atoms with E-state index in [4.69, 9.17) is 5.11 Å². The summed E-state index contributed by atoms with van der Waals surface area (Å²) in [4.78, 5) is 36.1. The van der Waals surface area contributed by atoms with Crippen molar-refractivity contribution in [3.63, 3.8) is 0 Å². The van der Waals surface area contributed by atoms with Gasteiger partial charge < -0.3 is 10.4 Å². The normalized spacial score (nSPS) is 10.1. The van der Waals surface area contributed by atoms with Crippen LogP contribution in [0.2, 0.25) is 0 Å². The molecule has 2 aromatic heterocycles. The largest absolute Gasteiger partial charge is 0.477 e. The maximum Gasteiger partial charge on any atom is 0.354 e. The molecule has 0 bridgehead atoms. The number of carbonyl (C=O) groups is 2. The van der Waals surface area contributed by atoms with Gasteiger partial charge in [0.2, 0.25) is 0 Å². The number of nitro groups is 1. The fourth-order valence-corrected chi connectivity index (χ4v) is 2.18. The van der Waals surface area contributed by atoms with Gasteiger partial charge in [0.25, 0.3) is 5.91 Å². The second-order valence-electron chi connectivity index (χ2n) is 3.97. The lowest BCUT2D eigenvalue weighted by molar-refractivity contribution is -0.380. The highest BCUT2D eigenvalue weighted by atomic mass is 32.1. The van der Waals surface area contributed by atoms with Gasteiger partial charge in [0.1, 0.15) is 5.69 Å². The quantitative estimate of drug-likeness (QED) is 0.640. The van der Waals surface area contributed by atoms with Gasteiger partial charge in [-0.15, -0.1) is 0 Å². The summed E-state index contributed by atoms with van der Waals surface area (Å²) < 4.78 is 0. The van der Waals surface area contributed by atoms with Gasteiger partial charge >= 0.3 is 11.0 Å². The van der Waals surface area contributed by atoms with Crippen LogP contribution >= 0.6 is 11.3 Å². The van der Waals surface area contributed by atoms with Crippen LogP contribution in [0.1, 0.15) is 26.4 Å². The van der Waals surface area contributed by atoms with Crippen LogP contribution in [0.15, 0.2) is 29.8 Å². The molecule has 8 nitrogen and oxygen atoms in total. The van der Waals surface area contributed by atoms with Crippen molar-refractivity contribution in [2.45, 2.75) is 6.54 Å². The van der Waals surface area contributed by atoms with Crippen molar-refractivity contribution in [1.82, 2.24) is 10.3 Å². The minimum Gasteiger partial charge on any atom is -0.477 e. The first-order valence-corrected chi connectivity index (χ1v) is 6.54. The van der Waals surface area contributed by atoms with E-state index in [0.29, 0.717) is 5.56 Å². The van der Waals surface area contributed by atoms with Crippen LogP contribution < -0.4 is 5.32 Å². The van der Waals surface area contributed by atoms with E-state index in [0.717, 1.165) is 11.3 Å². The minimum atomic E-state index is -1.13. The Kier molecular flexibility index (Phi) is 4.24. The summed E-state index contributed by atoms with van der Waals surface area (Å²) in [5, 5.41) is 23.1. The Morgan fingerprint density at radius 3 is 2.71 bits per heavy atom. The second kappa shape index (κ2) is 6.09. The number of carbonyl (C=O) groups excluding carboxylic acids is 1. The van der Waals surface area contributed by atoms with E-state index >= 15 is 0 Å². The summed E-state index contributed by atoms with van der Waals surface area (Å²) in [6.45, 7) is 0.148. The van der Waals surface area contributed by atoms with E-state index < -0.39 is 16.8 Å². The van der Waals surface area contributed by atoms with E-state index in [1.54, 1.807) is 0 Å². The van der Waals surface area contributed by atoms with E-state index in [1.807, 2.05) is 0 Å². The van der Waals surface area contributed by atoms with E-state index in [1.165, 1.54) is 29.8 Å². The maximum atomic E-state index is 11.8. The van der Waals surface area contributed by atoms with Gasteiger partial charge in [0, 0.05) is 24.2 Å². The summed E-state index contributed by atoms with van der Waals surface area (Å²) in [5.41, 5.74) is 0.749. The smallest absolute Gasteiger partial charge is 0.354 e. The van der Waals surface area contributed by atoms with Crippen molar-refractivity contribution in [2.75, 3.05) is 0 Å². The lowest BCUT2D eigenvalue weighted by Gasteiger charge is -2.03. The number of rotatable bonds is 5. The maximum absolute atomic E-state index is 11.8. The molecule has 0 aromatic carbocycles. The Bertz CT molecular complexity index is 695. The molecular formula is C12H9N3O5S. The first-order chi connectivity index (χ1) is 9.97. The molecule has 0 radical (unpaired) electrons. The Balaban J connectivity index is 1.97. The summed E-state index contributed by atoms with van der Waals surface area (Å²) in [6, 6.07) is 4.07. The molecule has 0 aliphatic carbocycles. The van der Waals surface area contributed by atoms with Crippen molar-refractivity contribution in [3.8, 4) is 0 Å². The number of aromatic nitrogens is 1. The molecule has 0 saturated carbocycles. The highest BCUT2D eigenvalue weighted by Gasteiger charge is 2.14. The van der Waals surface area contributed by atoms with Crippen LogP contribution in [0, 0.1) is 10.1 Å². The lowest BCUT2D eigenvalue weighted by atomic mass is 10.2. The Morgan fingerprint density at radius 1 is 1.43 bits per heavy atom. The van der Waals surface area contributed by atoms with Gasteiger partial charge in [-0.3, -0.25) is 14.9 Å². The molecule has 0 unspecified atom stereocenters. The van der Waals surface area contributed by atoms with Crippen molar-refractivity contribution in [1.29, 1.82) is 0 Å². The zero-order valence-corrected chi connectivity index (χ0v) is 11.3. The van der Waals surface area contributed by atoms with Gasteiger partial charge in [-0.2, -0.15) is 0 Å². The van der Waals surface area contributed by atoms with Crippen LogP contribution in [-0.4, -0.2) is 26.9 Å². The molecule has 2 N–H and O–H groups in total. The molecule has 2 rings (SSSR count). The lowest BCUT2D eigenvalue weighted by Crippen LogP contribution is -2.22. The van der Waals surface area contributed by atoms with Gasteiger partial charge in [-0.05, 0) is 11.6 Å². The number of aromatic carboxylic acids is 1. The second-order valence-corrected chi connectivity index (χ2v) is 4.86. The van der Waals surface area contributed by atoms with Crippen LogP contribution in [0.4, 0.5) is 5.00 Å². The van der Waals surface area contributed by atoms with Crippen LogP contribution in [-0.2, 0) is 6.54 Å². The minimum absolute atomic E-state index is 0.0847. The molecular weight excluding hydrogens is 298 g/mol. The number of amides is 1. The average Bonchev–Trinajstić information content (AvgIpc) is 2.95. The molecule has 0 aliphatic heterocycles. The SMILES string of the molecule is O=C(NCc1ccc(C(=O)O)nc1)c1csc([N+](=O)[O-])c1. The summed E-state index contributed by atoms with van der Waals surface area (Å²) in [6.07, 6.45) is 1.35. The standard InChI is InChI=1S/C12H9N3O5S/c16-11(8-3-10(15(19)20)21-6-8)14-5-7-1-2-9(12(17)18)13-4-7/h1-4,6H,5H2,(H,14,16)(H,17,18). The average molecular weight is 307 g/mol. The van der Waals surface area contributed by atoms with Crippen molar-refractivity contribution in [2.24, 2.45) is 0 Å². The highest BCUT2D eigenvalue weighted by Crippen LogP contribution is 2.22. The summed E-state index contributed by atoms with van der Waals surface area (Å²) in [7, 11) is 0. The fourth-order valence-electron chi connectivity index (χ4n) is 1.48. The van der Waals surface area contributed by atoms with E-state index in [9.17, 15) is 19.7 Å². The zero-order valence-electron chi connectivity index (χ0n) is 10.5. The molecule has 21 heavy (non-hydrogen) atoms. The monoisotopic (exact) mass is 307 g/mol. The first kappa shape index (κ1) is 14.6. The van der Waals surface area contributed by atoms with Crippen LogP contribution in [0.5, 0.6) is 0 Å². The van der Waals surface area contributed by atoms with Crippen molar-refractivity contribution >= 4 is 28.2 Å². The number of thiophene rings is 1. The summed E-state index contributed by atoms with van der Waals surface area (Å²) in [5.74, 6) is -1.57. The number of hydrogen-bond acceptors (Lipinski definition) is 6. The molecule has 2 heterocycles. The summed E-state index contributed by atoms with van der Waals surface area (Å²) >= 11 is 0.875. The number of hydrogen-bond donors (Lipinski definition) is 2. The van der Waals surface area contributed by atoms with Gasteiger partial charge in [0.15, 0.2) is 0 Å². The Labute approximate surface area is 122 Å². The van der Waals surface area contributed by atoms with Crippen molar-refractivity contribution < 1.29 is 19.6 Å². The number of nitrogens with zero attached hydrogens (tertiary/aromatic N) is 2. The number of pyridine rings is 1. The number of carboxylic acid groups (broad SMARTS) is 1. The number of carboxylic acids is 1. The predicted molar refractivity (Wildman–Crippen MR) is 73.3 cm³/mol. The molecule has 0 aliphatic rings. The fraction of sp³-hybridized carbons (Fsp3) is 0.0833. The molecule has 0 saturated heterocycles. The molecule has 0 atom stereocenters. The van der Waals surface area contributed by atoms with Crippen LogP contribution in [0.3, 0.4) is 0 Å². The molecule has 0 fully saturated rings. The predicted octanol–water partition coefficient (Wildman–Crippen LogP) is 1.68. The first-order valence-electron chi connectivity index (χ1n) is 5.66. The third kappa shape index (κ3) is 3.60. The molecule has 9 heteroatoms. The third-order valence-electron chi connectivity index (χ3n) is 2.52. The van der Waals surface area contributed by atoms with Gasteiger partial charge in [-0.25, -0.2) is 9.78 Å². The topological polar surface area (TPSA) is 122 Å². The van der Waals surface area contributed by atoms with E-state index in [2.05, 4.69) is 10.3 Å². The van der Waals surface area contributed by atoms with Gasteiger partial charge in [0.05, 0.1) is 10.5 Å². The highest BCUT2D eigenvalue weighted by molar-refractivity contribution is 7.13. The molecule has 108 valence electrons. The van der Waals surface area contributed by atoms with E-state index in [-0.39, 0.29) is 22.8 Å². The molecule has 2 aromatic rings. The molecule has 0 spiro atoms. The molecule has 1 amide bonds. The third-order valence-corrected chi connectivity index (χ3v) is 3.40. The Morgan fingerprint density at radius 2 is 2.19 bits per heavy atom. The van der Waals surface area contributed by atoms with Crippen LogP contribution in [0.25, 0.3) is 0 Å². The zero-order chi connectivity index (χ0) is 15.4.